The first kappa shape index (κ1) is 15.1. The van der Waals surface area contributed by atoms with Crippen LogP contribution in [0.5, 0.6) is 0 Å². The molecule has 1 unspecified atom stereocenters. The van der Waals surface area contributed by atoms with Gasteiger partial charge in [0.25, 0.3) is 0 Å². The summed E-state index contributed by atoms with van der Waals surface area (Å²) in [5, 5.41) is 7.92. The third-order valence-corrected chi connectivity index (χ3v) is 4.19. The monoisotopic (exact) mass is 289 g/mol. The molecule has 0 aliphatic rings. The van der Waals surface area contributed by atoms with Gasteiger partial charge in [-0.05, 0) is 43.4 Å². The Bertz CT molecular complexity index is 519. The highest BCUT2D eigenvalue weighted by atomic mass is 32.2. The van der Waals surface area contributed by atoms with Crippen molar-refractivity contribution in [2.75, 3.05) is 6.26 Å². The average Bonchev–Trinajstić information content (AvgIpc) is 2.92. The first-order valence-electron chi connectivity index (χ1n) is 7.12. The van der Waals surface area contributed by atoms with Crippen molar-refractivity contribution in [2.45, 2.75) is 44.3 Å². The number of nitrogens with zero attached hydrogens (tertiary/aromatic N) is 2. The van der Waals surface area contributed by atoms with E-state index < -0.39 is 0 Å². The lowest BCUT2D eigenvalue weighted by Crippen LogP contribution is -2.20. The summed E-state index contributed by atoms with van der Waals surface area (Å²) in [5.41, 5.74) is 2.57. The van der Waals surface area contributed by atoms with E-state index >= 15 is 0 Å². The van der Waals surface area contributed by atoms with Crippen molar-refractivity contribution in [3.05, 3.63) is 47.8 Å². The summed E-state index contributed by atoms with van der Waals surface area (Å²) in [6.45, 7) is 6.22. The van der Waals surface area contributed by atoms with Crippen molar-refractivity contribution in [3.63, 3.8) is 0 Å². The second kappa shape index (κ2) is 7.50. The van der Waals surface area contributed by atoms with Gasteiger partial charge in [0, 0.05) is 30.2 Å². The fourth-order valence-corrected chi connectivity index (χ4v) is 2.60. The molecule has 108 valence electrons. The molecule has 0 amide bonds. The topological polar surface area (TPSA) is 29.9 Å². The van der Waals surface area contributed by atoms with Crippen LogP contribution in [-0.2, 0) is 13.1 Å². The van der Waals surface area contributed by atoms with Crippen LogP contribution >= 0.6 is 11.8 Å². The van der Waals surface area contributed by atoms with Crippen LogP contribution in [0.25, 0.3) is 0 Å². The molecule has 0 bridgehead atoms. The average molecular weight is 289 g/mol. The normalized spacial score (nSPS) is 12.6. The van der Waals surface area contributed by atoms with Crippen molar-refractivity contribution in [1.82, 2.24) is 15.1 Å². The molecule has 0 saturated carbocycles. The summed E-state index contributed by atoms with van der Waals surface area (Å²) in [6, 6.07) is 11.2. The van der Waals surface area contributed by atoms with Crippen LogP contribution in [0.3, 0.4) is 0 Å². The van der Waals surface area contributed by atoms with E-state index in [9.17, 15) is 0 Å². The van der Waals surface area contributed by atoms with Crippen LogP contribution in [-0.4, -0.2) is 16.0 Å². The molecule has 20 heavy (non-hydrogen) atoms. The van der Waals surface area contributed by atoms with Gasteiger partial charge >= 0.3 is 0 Å². The maximum Gasteiger partial charge on any atom is 0.0522 e. The summed E-state index contributed by atoms with van der Waals surface area (Å²) in [5.74, 6) is 0. The molecule has 3 nitrogen and oxygen atoms in total. The number of rotatable bonds is 7. The first-order chi connectivity index (χ1) is 9.74. The second-order valence-electron chi connectivity index (χ2n) is 4.92. The molecule has 1 N–H and O–H groups in total. The summed E-state index contributed by atoms with van der Waals surface area (Å²) < 4.78 is 2.08. The summed E-state index contributed by atoms with van der Waals surface area (Å²) in [7, 11) is 0. The fraction of sp³-hybridized carbons (Fsp3) is 0.438. The smallest absolute Gasteiger partial charge is 0.0522 e. The Labute approximate surface area is 125 Å². The Morgan fingerprint density at radius 2 is 2.00 bits per heavy atom. The van der Waals surface area contributed by atoms with E-state index in [0.717, 1.165) is 19.5 Å². The first-order valence-corrected chi connectivity index (χ1v) is 8.35. The predicted molar refractivity (Wildman–Crippen MR) is 86.0 cm³/mol. The molecule has 1 heterocycles. The van der Waals surface area contributed by atoms with Gasteiger partial charge in [-0.25, -0.2) is 0 Å². The van der Waals surface area contributed by atoms with Gasteiger partial charge in [-0.1, -0.05) is 19.1 Å². The number of hydrogen-bond acceptors (Lipinski definition) is 3. The molecule has 1 aromatic carbocycles. The summed E-state index contributed by atoms with van der Waals surface area (Å²) in [6.07, 6.45) is 5.09. The van der Waals surface area contributed by atoms with Crippen molar-refractivity contribution in [3.8, 4) is 0 Å². The third kappa shape index (κ3) is 3.87. The molecule has 1 atom stereocenters. The van der Waals surface area contributed by atoms with E-state index in [1.807, 2.05) is 6.20 Å². The van der Waals surface area contributed by atoms with Crippen LogP contribution in [0.4, 0.5) is 0 Å². The molecule has 2 rings (SSSR count). The zero-order valence-corrected chi connectivity index (χ0v) is 13.3. The molecule has 4 heteroatoms. The summed E-state index contributed by atoms with van der Waals surface area (Å²) in [4.78, 5) is 1.31. The maximum absolute atomic E-state index is 4.35. The lowest BCUT2D eigenvalue weighted by Gasteiger charge is -2.15. The van der Waals surface area contributed by atoms with Crippen LogP contribution in [0.2, 0.25) is 0 Å². The molecular formula is C16H23N3S. The third-order valence-electron chi connectivity index (χ3n) is 3.45. The van der Waals surface area contributed by atoms with Gasteiger partial charge in [-0.3, -0.25) is 4.68 Å². The van der Waals surface area contributed by atoms with Crippen molar-refractivity contribution in [2.24, 2.45) is 0 Å². The highest BCUT2D eigenvalue weighted by Gasteiger charge is 2.07. The van der Waals surface area contributed by atoms with E-state index in [2.05, 4.69) is 65.5 Å². The Kier molecular flexibility index (Phi) is 5.68. The minimum atomic E-state index is 0.343. The highest BCUT2D eigenvalue weighted by Crippen LogP contribution is 2.19. The fourth-order valence-electron chi connectivity index (χ4n) is 2.19. The number of benzene rings is 1. The Balaban J connectivity index is 1.93. The minimum absolute atomic E-state index is 0.343. The van der Waals surface area contributed by atoms with Gasteiger partial charge in [-0.2, -0.15) is 5.10 Å². The molecule has 0 saturated heterocycles. The largest absolute Gasteiger partial charge is 0.305 e. The van der Waals surface area contributed by atoms with Gasteiger partial charge in [0.1, 0.15) is 0 Å². The number of aromatic nitrogens is 2. The molecular weight excluding hydrogens is 266 g/mol. The van der Waals surface area contributed by atoms with Crippen molar-refractivity contribution < 1.29 is 0 Å². The van der Waals surface area contributed by atoms with E-state index in [1.54, 1.807) is 11.8 Å². The lowest BCUT2D eigenvalue weighted by molar-refractivity contribution is 0.517. The Morgan fingerprint density at radius 3 is 2.65 bits per heavy atom. The van der Waals surface area contributed by atoms with Crippen molar-refractivity contribution >= 4 is 11.8 Å². The molecule has 0 aliphatic heterocycles. The van der Waals surface area contributed by atoms with E-state index in [4.69, 9.17) is 0 Å². The van der Waals surface area contributed by atoms with E-state index in [1.165, 1.54) is 16.2 Å². The Morgan fingerprint density at radius 1 is 1.25 bits per heavy atom. The minimum Gasteiger partial charge on any atom is -0.305 e. The number of hydrogen-bond donors (Lipinski definition) is 1. The van der Waals surface area contributed by atoms with E-state index in [0.29, 0.717) is 6.04 Å². The van der Waals surface area contributed by atoms with Gasteiger partial charge in [-0.15, -0.1) is 11.8 Å². The zero-order valence-electron chi connectivity index (χ0n) is 12.5. The number of aryl methyl sites for hydroxylation is 1. The lowest BCUT2D eigenvalue weighted by atomic mass is 10.1. The van der Waals surface area contributed by atoms with E-state index in [-0.39, 0.29) is 0 Å². The molecule has 1 aromatic heterocycles. The number of nitrogens with one attached hydrogen (secondary N) is 1. The zero-order chi connectivity index (χ0) is 14.4. The molecule has 2 aromatic rings. The van der Waals surface area contributed by atoms with Crippen LogP contribution in [0.15, 0.2) is 41.4 Å². The van der Waals surface area contributed by atoms with Gasteiger partial charge < -0.3 is 5.32 Å². The second-order valence-corrected chi connectivity index (χ2v) is 5.80. The Hall–Kier alpha value is -1.26. The van der Waals surface area contributed by atoms with Crippen molar-refractivity contribution in [1.29, 1.82) is 0 Å². The van der Waals surface area contributed by atoms with Gasteiger partial charge in [0.15, 0.2) is 0 Å². The number of thioether (sulfide) groups is 1. The quantitative estimate of drug-likeness (QED) is 0.785. The standard InChI is InChI=1S/C16H23N3S/c1-4-11-19-15(9-10-18-19)12-17-13(2)14-5-7-16(20-3)8-6-14/h5-10,13,17H,4,11-12H2,1-3H3. The van der Waals surface area contributed by atoms with Gasteiger partial charge in [0.2, 0.25) is 0 Å². The maximum atomic E-state index is 4.35. The van der Waals surface area contributed by atoms with Gasteiger partial charge in [0.05, 0.1) is 5.69 Å². The molecule has 0 fully saturated rings. The molecule has 0 aliphatic carbocycles. The SMILES string of the molecule is CCCn1nccc1CNC(C)c1ccc(SC)cc1. The van der Waals surface area contributed by atoms with Crippen LogP contribution in [0.1, 0.15) is 37.6 Å². The van der Waals surface area contributed by atoms with Crippen LogP contribution in [0, 0.1) is 0 Å². The predicted octanol–water partition coefficient (Wildman–Crippen LogP) is 3.87. The molecule has 0 spiro atoms. The van der Waals surface area contributed by atoms with Crippen LogP contribution < -0.4 is 5.32 Å². The highest BCUT2D eigenvalue weighted by molar-refractivity contribution is 7.98. The summed E-state index contributed by atoms with van der Waals surface area (Å²) >= 11 is 1.78. The molecule has 0 radical (unpaired) electrons.